The van der Waals surface area contributed by atoms with Crippen LogP contribution in [0.15, 0.2) is 48.5 Å². The van der Waals surface area contributed by atoms with Crippen LogP contribution in [0, 0.1) is 11.8 Å². The molecule has 0 unspecified atom stereocenters. The number of carbonyl (C=O) groups excluding carboxylic acids is 2. The molecular formula is C24H24F2N2O5S. The second kappa shape index (κ2) is 10.0. The lowest BCUT2D eigenvalue weighted by molar-refractivity contribution is -0.134. The van der Waals surface area contributed by atoms with Crippen LogP contribution in [0.3, 0.4) is 0 Å². The van der Waals surface area contributed by atoms with Crippen LogP contribution in [-0.4, -0.2) is 60.2 Å². The molecule has 2 aliphatic rings. The third kappa shape index (κ3) is 5.01. The summed E-state index contributed by atoms with van der Waals surface area (Å²) in [7, 11) is 0. The van der Waals surface area contributed by atoms with E-state index in [-0.39, 0.29) is 31.4 Å². The summed E-state index contributed by atoms with van der Waals surface area (Å²) in [5.41, 5.74) is 4.26. The summed E-state index contributed by atoms with van der Waals surface area (Å²) in [6.45, 7) is -0.218. The topological polar surface area (TPSA) is 105 Å². The van der Waals surface area contributed by atoms with E-state index in [1.54, 1.807) is 0 Å². The lowest BCUT2D eigenvalue weighted by Gasteiger charge is -2.14. The van der Waals surface area contributed by atoms with E-state index in [1.807, 2.05) is 48.5 Å². The number of fused-ring (bicyclic) bond motifs is 3. The van der Waals surface area contributed by atoms with Gasteiger partial charge < -0.3 is 20.5 Å². The lowest BCUT2D eigenvalue weighted by atomic mass is 9.98. The highest BCUT2D eigenvalue weighted by Gasteiger charge is 2.71. The van der Waals surface area contributed by atoms with E-state index in [0.29, 0.717) is 5.75 Å². The van der Waals surface area contributed by atoms with E-state index in [9.17, 15) is 23.2 Å². The van der Waals surface area contributed by atoms with Crippen molar-refractivity contribution in [3.05, 3.63) is 59.7 Å². The predicted molar refractivity (Wildman–Crippen MR) is 123 cm³/mol. The summed E-state index contributed by atoms with van der Waals surface area (Å²) in [5.74, 6) is -7.79. The summed E-state index contributed by atoms with van der Waals surface area (Å²) in [6.07, 6.45) is -0.811. The maximum Gasteiger partial charge on any atom is 0.407 e. The molecule has 4 rings (SSSR count). The summed E-state index contributed by atoms with van der Waals surface area (Å²) in [6, 6.07) is 15.7. The Morgan fingerprint density at radius 3 is 2.24 bits per heavy atom. The monoisotopic (exact) mass is 490 g/mol. The number of hydrogen-bond donors (Lipinski definition) is 3. The van der Waals surface area contributed by atoms with Gasteiger partial charge in [-0.2, -0.15) is 0 Å². The lowest BCUT2D eigenvalue weighted by Crippen LogP contribution is -2.31. The normalized spacial score (nSPS) is 19.6. The van der Waals surface area contributed by atoms with Crippen molar-refractivity contribution in [2.24, 2.45) is 11.8 Å². The van der Waals surface area contributed by atoms with Crippen molar-refractivity contribution in [3.63, 3.8) is 0 Å². The Kier molecular flexibility index (Phi) is 7.06. The fourth-order valence-electron chi connectivity index (χ4n) is 4.36. The number of hydrogen-bond acceptors (Lipinski definition) is 5. The average Bonchev–Trinajstić information content (AvgIpc) is 3.22. The molecule has 2 atom stereocenters. The van der Waals surface area contributed by atoms with Gasteiger partial charge in [0.2, 0.25) is 5.91 Å². The van der Waals surface area contributed by atoms with Crippen LogP contribution >= 0.6 is 11.8 Å². The Bertz CT molecular complexity index is 1050. The van der Waals surface area contributed by atoms with Crippen LogP contribution in [0.1, 0.15) is 17.0 Å². The minimum atomic E-state index is -3.21. The molecule has 0 aromatic heterocycles. The fourth-order valence-corrected chi connectivity index (χ4v) is 4.93. The Balaban J connectivity index is 1.24. The van der Waals surface area contributed by atoms with Gasteiger partial charge in [0.15, 0.2) is 0 Å². The minimum absolute atomic E-state index is 0.0683. The molecule has 34 heavy (non-hydrogen) atoms. The maximum absolute atomic E-state index is 14.1. The quantitative estimate of drug-likeness (QED) is 0.442. The third-order valence-corrected chi connectivity index (χ3v) is 7.01. The van der Waals surface area contributed by atoms with Gasteiger partial charge >= 0.3 is 12.1 Å². The molecule has 7 nitrogen and oxygen atoms in total. The van der Waals surface area contributed by atoms with Crippen LogP contribution in [0.5, 0.6) is 0 Å². The second-order valence-corrected chi connectivity index (χ2v) is 9.31. The average molecular weight is 491 g/mol. The zero-order valence-corrected chi connectivity index (χ0v) is 18.9. The predicted octanol–water partition coefficient (Wildman–Crippen LogP) is 3.34. The summed E-state index contributed by atoms with van der Waals surface area (Å²) in [5, 5.41) is 13.3. The molecule has 0 bridgehead atoms. The van der Waals surface area contributed by atoms with Gasteiger partial charge in [0.1, 0.15) is 12.5 Å². The molecule has 3 N–H and O–H groups in total. The molecule has 2 amide bonds. The van der Waals surface area contributed by atoms with Gasteiger partial charge in [-0.25, -0.2) is 13.6 Å². The van der Waals surface area contributed by atoms with E-state index in [1.165, 1.54) is 0 Å². The molecule has 180 valence electrons. The molecular weight excluding hydrogens is 466 g/mol. The van der Waals surface area contributed by atoms with E-state index in [2.05, 4.69) is 10.6 Å². The van der Waals surface area contributed by atoms with Crippen LogP contribution in [0.4, 0.5) is 13.6 Å². The number of halogens is 2. The minimum Gasteiger partial charge on any atom is -0.481 e. The number of carbonyl (C=O) groups is 3. The largest absolute Gasteiger partial charge is 0.481 e. The van der Waals surface area contributed by atoms with Gasteiger partial charge in [0.05, 0.1) is 11.7 Å². The van der Waals surface area contributed by atoms with Gasteiger partial charge in [0, 0.05) is 24.8 Å². The number of amides is 2. The van der Waals surface area contributed by atoms with Crippen molar-refractivity contribution < 1.29 is 33.0 Å². The van der Waals surface area contributed by atoms with Gasteiger partial charge in [-0.05, 0) is 22.3 Å². The number of carboxylic acid groups (broad SMARTS) is 1. The molecule has 0 spiro atoms. The highest BCUT2D eigenvalue weighted by molar-refractivity contribution is 7.99. The standard InChI is InChI=1S/C24H24F2N2O5S/c25-24(26)19(21(24)22(31)27-9-10-34-13-20(29)30)11-28-23(32)33-12-18-16-7-3-1-5-14(16)15-6-2-4-8-17(15)18/h1-8,18-19,21H,9-13H2,(H,27,31)(H,28,32)(H,29,30)/t19-,21-/m0/s1. The summed E-state index contributed by atoms with van der Waals surface area (Å²) < 4.78 is 33.5. The molecule has 10 heteroatoms. The van der Waals surface area contributed by atoms with E-state index in [0.717, 1.165) is 34.0 Å². The molecule has 1 fully saturated rings. The Labute approximate surface area is 199 Å². The summed E-state index contributed by atoms with van der Waals surface area (Å²) in [4.78, 5) is 34.7. The number of ether oxygens (including phenoxy) is 1. The zero-order chi connectivity index (χ0) is 24.3. The number of aliphatic carboxylic acids is 1. The van der Waals surface area contributed by atoms with Gasteiger partial charge in [-0.15, -0.1) is 11.8 Å². The molecule has 0 radical (unpaired) electrons. The zero-order valence-electron chi connectivity index (χ0n) is 18.1. The number of rotatable bonds is 10. The number of carboxylic acids is 1. The number of alkyl halides is 2. The van der Waals surface area contributed by atoms with E-state index >= 15 is 0 Å². The molecule has 0 saturated heterocycles. The Morgan fingerprint density at radius 2 is 1.62 bits per heavy atom. The highest BCUT2D eigenvalue weighted by Crippen LogP contribution is 2.55. The van der Waals surface area contributed by atoms with E-state index < -0.39 is 35.7 Å². The summed E-state index contributed by atoms with van der Waals surface area (Å²) >= 11 is 1.08. The first-order chi connectivity index (χ1) is 16.3. The Hall–Kier alpha value is -3.14. The maximum atomic E-state index is 14.1. The van der Waals surface area contributed by atoms with Gasteiger partial charge in [-0.3, -0.25) is 9.59 Å². The van der Waals surface area contributed by atoms with Crippen molar-refractivity contribution in [2.75, 3.05) is 31.2 Å². The van der Waals surface area contributed by atoms with Crippen LogP contribution in [0.2, 0.25) is 0 Å². The first-order valence-corrected chi connectivity index (χ1v) is 12.0. The van der Waals surface area contributed by atoms with Crippen LogP contribution in [0.25, 0.3) is 11.1 Å². The Morgan fingerprint density at radius 1 is 1.00 bits per heavy atom. The third-order valence-electron chi connectivity index (χ3n) is 6.07. The first-order valence-electron chi connectivity index (χ1n) is 10.8. The number of alkyl carbamates (subject to hydrolysis) is 1. The van der Waals surface area contributed by atoms with Crippen molar-refractivity contribution >= 4 is 29.7 Å². The SMILES string of the molecule is O=C(O)CSCCNC(=O)[C@@H]1[C@H](CNC(=O)OCC2c3ccccc3-c3ccccc32)C1(F)F. The molecule has 0 heterocycles. The number of nitrogens with one attached hydrogen (secondary N) is 2. The van der Waals surface area contributed by atoms with Crippen molar-refractivity contribution in [1.82, 2.24) is 10.6 Å². The highest BCUT2D eigenvalue weighted by atomic mass is 32.2. The number of benzene rings is 2. The van der Waals surface area contributed by atoms with Gasteiger partial charge in [-0.1, -0.05) is 48.5 Å². The fraction of sp³-hybridized carbons (Fsp3) is 0.375. The molecule has 1 saturated carbocycles. The van der Waals surface area contributed by atoms with Gasteiger partial charge in [0.25, 0.3) is 5.92 Å². The molecule has 2 aromatic carbocycles. The number of thioether (sulfide) groups is 1. The molecule has 2 aliphatic carbocycles. The van der Waals surface area contributed by atoms with Crippen LogP contribution < -0.4 is 10.6 Å². The first kappa shape index (κ1) is 24.0. The van der Waals surface area contributed by atoms with Crippen LogP contribution in [-0.2, 0) is 14.3 Å². The second-order valence-electron chi connectivity index (χ2n) is 8.20. The van der Waals surface area contributed by atoms with Crippen molar-refractivity contribution in [1.29, 1.82) is 0 Å². The smallest absolute Gasteiger partial charge is 0.407 e. The molecule has 2 aromatic rings. The van der Waals surface area contributed by atoms with Crippen molar-refractivity contribution in [2.45, 2.75) is 11.8 Å². The van der Waals surface area contributed by atoms with Crippen molar-refractivity contribution in [3.8, 4) is 11.1 Å². The van der Waals surface area contributed by atoms with E-state index in [4.69, 9.17) is 9.84 Å². The molecule has 0 aliphatic heterocycles.